The van der Waals surface area contributed by atoms with Gasteiger partial charge in [0.2, 0.25) is 0 Å². The summed E-state index contributed by atoms with van der Waals surface area (Å²) in [5, 5.41) is 13.6. The normalized spacial score (nSPS) is 22.8. The van der Waals surface area contributed by atoms with Crippen molar-refractivity contribution in [1.29, 1.82) is 0 Å². The third kappa shape index (κ3) is 22.8. The van der Waals surface area contributed by atoms with Crippen molar-refractivity contribution in [2.45, 2.75) is 153 Å². The number of nitrogens with two attached hydrogens (primary N) is 1. The van der Waals surface area contributed by atoms with Crippen LogP contribution in [-0.2, 0) is 0 Å². The molecule has 12 heteroatoms. The number of piperazine rings is 3. The van der Waals surface area contributed by atoms with Gasteiger partial charge in [-0.25, -0.2) is 0 Å². The largest absolute Gasteiger partial charge is 0.372 e. The highest BCUT2D eigenvalue weighted by Crippen LogP contribution is 2.23. The van der Waals surface area contributed by atoms with Crippen LogP contribution in [-0.4, -0.2) is 189 Å². The van der Waals surface area contributed by atoms with Crippen LogP contribution in [0.15, 0.2) is 73.7 Å². The highest BCUT2D eigenvalue weighted by molar-refractivity contribution is 5.07. The van der Waals surface area contributed by atoms with Crippen molar-refractivity contribution in [2.24, 2.45) is 41.2 Å². The monoisotopic (exact) mass is 981 g/mol. The maximum absolute atomic E-state index is 5.62. The Balaban J connectivity index is 0.000000421. The molecule has 12 nitrogen and oxygen atoms in total. The SMILES string of the molecule is C=C(C(C)C)N1CC(C)NC(C)C1.C=C(C(C)C)N1CC(N(C)C)C1.C=C(C(C)C)N1CC(N)C1.C=C(C(C)C)N1CC(NC)C1.C=C(C(C)C)N1CCNC(C)C1.C=C(C(C)C)N1CCNCC1C. The molecule has 0 bridgehead atoms. The second-order valence-corrected chi connectivity index (χ2v) is 23.4. The molecule has 6 rings (SSSR count). The molecule has 408 valence electrons. The molecule has 4 atom stereocenters. The molecule has 0 spiro atoms. The van der Waals surface area contributed by atoms with E-state index in [0.29, 0.717) is 71.8 Å². The van der Waals surface area contributed by atoms with E-state index in [1.54, 1.807) is 0 Å². The number of likely N-dealkylation sites (tertiary alicyclic amines) is 3. The van der Waals surface area contributed by atoms with E-state index < -0.39 is 0 Å². The first-order chi connectivity index (χ1) is 32.5. The van der Waals surface area contributed by atoms with Gasteiger partial charge in [-0.15, -0.1) is 0 Å². The zero-order valence-corrected chi connectivity index (χ0v) is 49.4. The van der Waals surface area contributed by atoms with Crippen molar-refractivity contribution < 1.29 is 0 Å². The van der Waals surface area contributed by atoms with Gasteiger partial charge in [0.05, 0.1) is 0 Å². The first kappa shape index (κ1) is 65.0. The van der Waals surface area contributed by atoms with Crippen LogP contribution in [0.1, 0.15) is 111 Å². The van der Waals surface area contributed by atoms with Crippen molar-refractivity contribution in [3.63, 3.8) is 0 Å². The van der Waals surface area contributed by atoms with Crippen molar-refractivity contribution in [3.05, 3.63) is 73.7 Å². The second-order valence-electron chi connectivity index (χ2n) is 23.4. The lowest BCUT2D eigenvalue weighted by Gasteiger charge is -2.46. The molecule has 6 N–H and O–H groups in total. The molecule has 0 aliphatic carbocycles. The fourth-order valence-corrected chi connectivity index (χ4v) is 8.84. The average molecular weight is 982 g/mol. The van der Waals surface area contributed by atoms with E-state index in [4.69, 9.17) is 5.73 Å². The van der Waals surface area contributed by atoms with Crippen LogP contribution in [0.3, 0.4) is 0 Å². The number of nitrogens with zero attached hydrogens (tertiary/aromatic N) is 7. The Kier molecular flexibility index (Phi) is 29.9. The van der Waals surface area contributed by atoms with Gasteiger partial charge < -0.3 is 61.3 Å². The zero-order chi connectivity index (χ0) is 53.7. The molecule has 70 heavy (non-hydrogen) atoms. The number of hydrogen-bond donors (Lipinski definition) is 5. The maximum atomic E-state index is 5.62. The molecule has 0 radical (unpaired) electrons. The summed E-state index contributed by atoms with van der Waals surface area (Å²) in [7, 11) is 6.29. The van der Waals surface area contributed by atoms with E-state index in [2.05, 4.69) is 220 Å². The van der Waals surface area contributed by atoms with Crippen LogP contribution in [0.2, 0.25) is 0 Å². The van der Waals surface area contributed by atoms with Crippen molar-refractivity contribution >= 4 is 0 Å². The predicted octanol–water partition coefficient (Wildman–Crippen LogP) is 8.00. The Morgan fingerprint density at radius 1 is 0.500 bits per heavy atom. The van der Waals surface area contributed by atoms with E-state index in [0.717, 1.165) is 97.7 Å². The molecule has 0 saturated carbocycles. The third-order valence-corrected chi connectivity index (χ3v) is 14.6. The highest BCUT2D eigenvalue weighted by atomic mass is 15.3. The Bertz CT molecular complexity index is 1540. The summed E-state index contributed by atoms with van der Waals surface area (Å²) in [6.07, 6.45) is 0. The minimum atomic E-state index is 0.385. The molecule has 6 saturated heterocycles. The first-order valence-electron chi connectivity index (χ1n) is 27.5. The molecular formula is C58H116N12. The van der Waals surface area contributed by atoms with E-state index in [-0.39, 0.29) is 0 Å². The van der Waals surface area contributed by atoms with Crippen LogP contribution < -0.4 is 27.0 Å². The van der Waals surface area contributed by atoms with Gasteiger partial charge in [-0.2, -0.15) is 0 Å². The zero-order valence-electron chi connectivity index (χ0n) is 49.4. The molecule has 6 heterocycles. The van der Waals surface area contributed by atoms with Crippen LogP contribution in [0.4, 0.5) is 0 Å². The van der Waals surface area contributed by atoms with Crippen molar-refractivity contribution in [3.8, 4) is 0 Å². The number of allylic oxidation sites excluding steroid dienone is 6. The molecule has 0 aromatic carbocycles. The van der Waals surface area contributed by atoms with E-state index in [1.807, 2.05) is 7.05 Å². The smallest absolute Gasteiger partial charge is 0.0440 e. The lowest BCUT2D eigenvalue weighted by Crippen LogP contribution is -2.56. The topological polar surface area (TPSA) is 96.8 Å². The van der Waals surface area contributed by atoms with Gasteiger partial charge in [-0.05, 0) is 84.3 Å². The second kappa shape index (κ2) is 32.2. The van der Waals surface area contributed by atoms with E-state index in [9.17, 15) is 0 Å². The number of likely N-dealkylation sites (N-methyl/N-ethyl adjacent to an activating group) is 2. The van der Waals surface area contributed by atoms with Crippen LogP contribution in [0.25, 0.3) is 0 Å². The van der Waals surface area contributed by atoms with Crippen LogP contribution >= 0.6 is 0 Å². The highest BCUT2D eigenvalue weighted by Gasteiger charge is 2.30. The average Bonchev–Trinajstić information content (AvgIpc) is 3.24. The predicted molar refractivity (Wildman–Crippen MR) is 309 cm³/mol. The molecule has 4 unspecified atom stereocenters. The Labute approximate surface area is 434 Å². The summed E-state index contributed by atoms with van der Waals surface area (Å²) in [4.78, 5) is 16.5. The number of hydrogen-bond acceptors (Lipinski definition) is 12. The van der Waals surface area contributed by atoms with Gasteiger partial charge in [0, 0.05) is 168 Å². The summed E-state index contributed by atoms with van der Waals surface area (Å²) in [6, 6.07) is 4.18. The number of nitrogens with one attached hydrogen (secondary N) is 4. The van der Waals surface area contributed by atoms with E-state index >= 15 is 0 Å². The van der Waals surface area contributed by atoms with Crippen molar-refractivity contribution in [2.75, 3.05) is 113 Å². The van der Waals surface area contributed by atoms with Crippen molar-refractivity contribution in [1.82, 2.24) is 55.6 Å². The third-order valence-electron chi connectivity index (χ3n) is 14.6. The summed E-state index contributed by atoms with van der Waals surface area (Å²) < 4.78 is 0. The molecule has 6 fully saturated rings. The quantitative estimate of drug-likeness (QED) is 0.117. The van der Waals surface area contributed by atoms with Gasteiger partial charge in [0.25, 0.3) is 0 Å². The van der Waals surface area contributed by atoms with Crippen LogP contribution in [0, 0.1) is 35.5 Å². The van der Waals surface area contributed by atoms with Crippen LogP contribution in [0.5, 0.6) is 0 Å². The molecule has 6 aliphatic rings. The standard InChI is InChI=1S/C11H22N2.3C10H20N2.C9H18N2.C8H16N2/c1-8(2)11(5)13-6-9(3)12-10(4)7-13;1-8(2)9(3)12-6-10(7-12)11(4)5;1-8(2)10(4)12-6-5-11-9(3)7-12;1-8(2)10(4)12-6-5-11-7-9(12)3;1-7(2)8(3)11-5-9(6-11)10-4;1-6(2)7(3)10-4-8(9)5-10/h8-10,12H,5-7H2,1-4H3;8,10H,3,6-7H2,1-2,4-5H3;2*8-9,11H,4-7H2,1-3H3;7,9-10H,3,5-6H2,1-2,4H3;6,8H,3-5,9H2,1-2H3. The number of rotatable bonds is 14. The fourth-order valence-electron chi connectivity index (χ4n) is 8.84. The summed E-state index contributed by atoms with van der Waals surface area (Å²) in [6.45, 7) is 75.1. The summed E-state index contributed by atoms with van der Waals surface area (Å²) in [5.74, 6) is 3.46. The maximum Gasteiger partial charge on any atom is 0.0440 e. The first-order valence-corrected chi connectivity index (χ1v) is 27.5. The minimum Gasteiger partial charge on any atom is -0.372 e. The molecule has 6 aliphatic heterocycles. The summed E-state index contributed by atoms with van der Waals surface area (Å²) in [5.41, 5.74) is 13.2. The fraction of sp³-hybridized carbons (Fsp3) is 0.793. The van der Waals surface area contributed by atoms with Gasteiger partial charge in [0.15, 0.2) is 0 Å². The molecule has 0 amide bonds. The molecule has 0 aromatic rings. The van der Waals surface area contributed by atoms with Gasteiger partial charge >= 0.3 is 0 Å². The Morgan fingerprint density at radius 2 is 0.871 bits per heavy atom. The lowest BCUT2D eigenvalue weighted by molar-refractivity contribution is 0.0861. The Hall–Kier alpha value is -3.00. The Morgan fingerprint density at radius 3 is 1.23 bits per heavy atom. The molecule has 0 aromatic heterocycles. The van der Waals surface area contributed by atoms with Gasteiger partial charge in [-0.3, -0.25) is 0 Å². The molecular weight excluding hydrogens is 865 g/mol. The summed E-state index contributed by atoms with van der Waals surface area (Å²) >= 11 is 0. The minimum absolute atomic E-state index is 0.385. The lowest BCUT2D eigenvalue weighted by atomic mass is 10.0. The van der Waals surface area contributed by atoms with Gasteiger partial charge in [0.1, 0.15) is 0 Å². The van der Waals surface area contributed by atoms with Gasteiger partial charge in [-0.1, -0.05) is 123 Å². The van der Waals surface area contributed by atoms with E-state index in [1.165, 1.54) is 34.2 Å².